The molecule has 4 rings (SSSR count). The molecule has 0 bridgehead atoms. The Morgan fingerprint density at radius 2 is 2.23 bits per heavy atom. The number of anilines is 2. The largest absolute Gasteiger partial charge is 0.481 e. The Labute approximate surface area is 174 Å². The number of rotatable bonds is 6. The number of carbonyl (C=O) groups is 1. The van der Waals surface area contributed by atoms with Gasteiger partial charge in [-0.3, -0.25) is 5.32 Å². The summed E-state index contributed by atoms with van der Waals surface area (Å²) in [5, 5.41) is 13.2. The summed E-state index contributed by atoms with van der Waals surface area (Å²) in [7, 11) is 1.61. The minimum Gasteiger partial charge on any atom is -0.481 e. The van der Waals surface area contributed by atoms with Gasteiger partial charge >= 0.3 is 6.03 Å². The van der Waals surface area contributed by atoms with Crippen LogP contribution >= 0.6 is 0 Å². The Morgan fingerprint density at radius 3 is 3.07 bits per heavy atom. The Balaban J connectivity index is 1.42. The molecule has 0 aliphatic carbocycles. The van der Waals surface area contributed by atoms with Gasteiger partial charge in [-0.25, -0.2) is 19.7 Å². The minimum absolute atomic E-state index is 0.125. The van der Waals surface area contributed by atoms with E-state index in [1.165, 1.54) is 0 Å². The quantitative estimate of drug-likeness (QED) is 0.497. The van der Waals surface area contributed by atoms with Crippen molar-refractivity contribution in [3.05, 3.63) is 48.3 Å². The van der Waals surface area contributed by atoms with Crippen LogP contribution in [0.15, 0.2) is 42.7 Å². The molecule has 9 nitrogen and oxygen atoms in total. The van der Waals surface area contributed by atoms with Crippen molar-refractivity contribution in [2.75, 3.05) is 30.8 Å². The highest BCUT2D eigenvalue weighted by atomic mass is 16.5. The van der Waals surface area contributed by atoms with E-state index in [-0.39, 0.29) is 18.0 Å². The van der Waals surface area contributed by atoms with E-state index in [1.807, 2.05) is 30.3 Å². The number of piperidine rings is 1. The molecule has 1 aromatic carbocycles. The molecule has 2 amide bonds. The molecular formula is C21H25N7O2. The van der Waals surface area contributed by atoms with Gasteiger partial charge in [0.15, 0.2) is 0 Å². The number of methoxy groups -OCH3 is 1. The van der Waals surface area contributed by atoms with Gasteiger partial charge in [0.25, 0.3) is 0 Å². The first-order chi connectivity index (χ1) is 14.7. The van der Waals surface area contributed by atoms with Gasteiger partial charge in [0.05, 0.1) is 12.6 Å². The van der Waals surface area contributed by atoms with Crippen LogP contribution in [0.25, 0.3) is 10.9 Å². The molecule has 3 heterocycles. The summed E-state index contributed by atoms with van der Waals surface area (Å²) in [5.74, 6) is 0.869. The third kappa shape index (κ3) is 4.93. The zero-order chi connectivity index (χ0) is 20.8. The Hall–Kier alpha value is -3.46. The van der Waals surface area contributed by atoms with Gasteiger partial charge in [0.2, 0.25) is 11.8 Å². The van der Waals surface area contributed by atoms with Crippen LogP contribution in [0.4, 0.5) is 16.4 Å². The second kappa shape index (κ2) is 9.36. The third-order valence-electron chi connectivity index (χ3n) is 4.97. The van der Waals surface area contributed by atoms with E-state index < -0.39 is 0 Å². The number of pyridine rings is 1. The van der Waals surface area contributed by atoms with Crippen molar-refractivity contribution in [1.82, 2.24) is 25.6 Å². The van der Waals surface area contributed by atoms with Crippen LogP contribution in [0.5, 0.6) is 5.88 Å². The van der Waals surface area contributed by atoms with E-state index in [9.17, 15) is 4.79 Å². The standard InChI is InChI=1S/C21H25N7O2/c1-30-19-15(4-2-9-23-19)12-24-16-7-6-14-11-25-20(27-18(14)10-16)28-21(29)26-17-5-3-8-22-13-17/h2,4,6-7,9-11,17,22,24H,3,5,8,12-13H2,1H3,(H2,25,26,27,28,29)/t17-/m1/s1. The number of amides is 2. The maximum absolute atomic E-state index is 12.2. The van der Waals surface area contributed by atoms with Crippen LogP contribution in [0.1, 0.15) is 18.4 Å². The van der Waals surface area contributed by atoms with E-state index in [0.717, 1.165) is 48.1 Å². The number of nitrogens with zero attached hydrogens (tertiary/aromatic N) is 3. The molecule has 0 radical (unpaired) electrons. The maximum Gasteiger partial charge on any atom is 0.321 e. The molecule has 1 saturated heterocycles. The number of ether oxygens (including phenoxy) is 1. The number of benzene rings is 1. The lowest BCUT2D eigenvalue weighted by Crippen LogP contribution is -2.47. The van der Waals surface area contributed by atoms with Gasteiger partial charge in [0, 0.05) is 48.2 Å². The number of urea groups is 1. The normalized spacial score (nSPS) is 16.1. The predicted octanol–water partition coefficient (Wildman–Crippen LogP) is 2.52. The Morgan fingerprint density at radius 1 is 1.30 bits per heavy atom. The number of aromatic nitrogens is 3. The zero-order valence-electron chi connectivity index (χ0n) is 16.8. The Bertz CT molecular complexity index is 1020. The average molecular weight is 407 g/mol. The van der Waals surface area contributed by atoms with Crippen molar-refractivity contribution in [2.24, 2.45) is 0 Å². The fraction of sp³-hybridized carbons (Fsp3) is 0.333. The topological polar surface area (TPSA) is 113 Å². The second-order valence-corrected chi connectivity index (χ2v) is 7.13. The first kappa shape index (κ1) is 19.8. The molecule has 3 aromatic rings. The third-order valence-corrected chi connectivity index (χ3v) is 4.97. The molecule has 1 atom stereocenters. The summed E-state index contributed by atoms with van der Waals surface area (Å²) >= 11 is 0. The van der Waals surface area contributed by atoms with Crippen molar-refractivity contribution >= 4 is 28.6 Å². The highest BCUT2D eigenvalue weighted by Crippen LogP contribution is 2.20. The van der Waals surface area contributed by atoms with Gasteiger partial charge in [-0.05, 0) is 43.7 Å². The highest BCUT2D eigenvalue weighted by Gasteiger charge is 2.16. The van der Waals surface area contributed by atoms with E-state index in [4.69, 9.17) is 4.74 Å². The number of hydrogen-bond donors (Lipinski definition) is 4. The van der Waals surface area contributed by atoms with Crippen LogP contribution < -0.4 is 26.0 Å². The Kier molecular flexibility index (Phi) is 6.19. The van der Waals surface area contributed by atoms with Crippen LogP contribution in [0, 0.1) is 0 Å². The molecule has 2 aromatic heterocycles. The molecular weight excluding hydrogens is 382 g/mol. The molecule has 30 heavy (non-hydrogen) atoms. The molecule has 0 saturated carbocycles. The lowest BCUT2D eigenvalue weighted by Gasteiger charge is -2.23. The fourth-order valence-electron chi connectivity index (χ4n) is 3.43. The predicted molar refractivity (Wildman–Crippen MR) is 116 cm³/mol. The molecule has 1 aliphatic rings. The van der Waals surface area contributed by atoms with Crippen molar-refractivity contribution in [1.29, 1.82) is 0 Å². The van der Waals surface area contributed by atoms with E-state index in [1.54, 1.807) is 19.5 Å². The van der Waals surface area contributed by atoms with Crippen molar-refractivity contribution in [2.45, 2.75) is 25.4 Å². The van der Waals surface area contributed by atoms with Gasteiger partial charge in [-0.1, -0.05) is 6.07 Å². The summed E-state index contributed by atoms with van der Waals surface area (Å²) in [6, 6.07) is 9.50. The number of fused-ring (bicyclic) bond motifs is 1. The lowest BCUT2D eigenvalue weighted by molar-refractivity contribution is 0.245. The van der Waals surface area contributed by atoms with Gasteiger partial charge in [-0.15, -0.1) is 0 Å². The van der Waals surface area contributed by atoms with Crippen LogP contribution in [-0.4, -0.2) is 47.2 Å². The van der Waals surface area contributed by atoms with Crippen LogP contribution in [0.3, 0.4) is 0 Å². The first-order valence-electron chi connectivity index (χ1n) is 9.98. The summed E-state index contributed by atoms with van der Waals surface area (Å²) in [5.41, 5.74) is 2.59. The van der Waals surface area contributed by atoms with Crippen LogP contribution in [0.2, 0.25) is 0 Å². The van der Waals surface area contributed by atoms with Gasteiger partial charge in [0.1, 0.15) is 0 Å². The molecule has 0 spiro atoms. The summed E-state index contributed by atoms with van der Waals surface area (Å²) in [6.45, 7) is 2.34. The molecule has 1 aliphatic heterocycles. The monoisotopic (exact) mass is 407 g/mol. The lowest BCUT2D eigenvalue weighted by atomic mass is 10.1. The van der Waals surface area contributed by atoms with Gasteiger partial charge < -0.3 is 20.7 Å². The number of nitrogens with one attached hydrogen (secondary N) is 4. The van der Waals surface area contributed by atoms with Gasteiger partial charge in [-0.2, -0.15) is 0 Å². The summed E-state index contributed by atoms with van der Waals surface area (Å²) in [6.07, 6.45) is 5.42. The summed E-state index contributed by atoms with van der Waals surface area (Å²) < 4.78 is 5.29. The molecule has 156 valence electrons. The number of carbonyl (C=O) groups excluding carboxylic acids is 1. The highest BCUT2D eigenvalue weighted by molar-refractivity contribution is 5.89. The second-order valence-electron chi connectivity index (χ2n) is 7.13. The fourth-order valence-corrected chi connectivity index (χ4v) is 3.43. The van der Waals surface area contributed by atoms with Crippen molar-refractivity contribution in [3.63, 3.8) is 0 Å². The zero-order valence-corrected chi connectivity index (χ0v) is 16.8. The maximum atomic E-state index is 12.2. The molecule has 4 N–H and O–H groups in total. The van der Waals surface area contributed by atoms with Crippen molar-refractivity contribution < 1.29 is 9.53 Å². The number of hydrogen-bond acceptors (Lipinski definition) is 7. The van der Waals surface area contributed by atoms with E-state index >= 15 is 0 Å². The smallest absolute Gasteiger partial charge is 0.321 e. The average Bonchev–Trinajstić information content (AvgIpc) is 2.78. The molecule has 1 fully saturated rings. The molecule has 0 unspecified atom stereocenters. The van der Waals surface area contributed by atoms with E-state index in [0.29, 0.717) is 12.4 Å². The van der Waals surface area contributed by atoms with E-state index in [2.05, 4.69) is 36.2 Å². The SMILES string of the molecule is COc1ncccc1CNc1ccc2cnc(NC(=O)N[C@@H]3CCCNC3)nc2c1. The van der Waals surface area contributed by atoms with Crippen molar-refractivity contribution in [3.8, 4) is 5.88 Å². The minimum atomic E-state index is -0.291. The molecule has 9 heteroatoms. The first-order valence-corrected chi connectivity index (χ1v) is 9.98. The summed E-state index contributed by atoms with van der Waals surface area (Å²) in [4.78, 5) is 25.2. The van der Waals surface area contributed by atoms with Crippen LogP contribution in [-0.2, 0) is 6.54 Å².